The molecule has 10 heteroatoms. The summed E-state index contributed by atoms with van der Waals surface area (Å²) >= 11 is 0. The number of amides is 2. The minimum absolute atomic E-state index is 0.0315. The number of hydrogen-bond acceptors (Lipinski definition) is 8. The molecule has 3 N–H and O–H groups in total. The Morgan fingerprint density at radius 1 is 1.39 bits per heavy atom. The third kappa shape index (κ3) is 4.87. The minimum Gasteiger partial charge on any atom is -0.378 e. The van der Waals surface area contributed by atoms with Crippen LogP contribution in [0.25, 0.3) is 0 Å². The average Bonchev–Trinajstić information content (AvgIpc) is 2.74. The van der Waals surface area contributed by atoms with Gasteiger partial charge in [0.1, 0.15) is 5.82 Å². The van der Waals surface area contributed by atoms with Crippen LogP contribution in [-0.2, 0) is 14.3 Å². The average molecular weight is 392 g/mol. The monoisotopic (exact) mass is 392 g/mol. The molecule has 0 atom stereocenters. The molecule has 1 saturated heterocycles. The molecule has 0 aromatic carbocycles. The van der Waals surface area contributed by atoms with Crippen LogP contribution in [0.5, 0.6) is 0 Å². The SMILES string of the molecule is CC1CCC(CN(O)C=O)(C(=O)NNc2cncc(N3CCOCC3)n2)CC1. The van der Waals surface area contributed by atoms with E-state index in [4.69, 9.17) is 4.74 Å². The van der Waals surface area contributed by atoms with Crippen LogP contribution in [0.1, 0.15) is 32.6 Å². The Hall–Kier alpha value is -2.46. The molecule has 3 rings (SSSR count). The van der Waals surface area contributed by atoms with Crippen molar-refractivity contribution in [2.45, 2.75) is 32.6 Å². The maximum Gasteiger partial charge on any atom is 0.246 e. The molecular weight excluding hydrogens is 364 g/mol. The fourth-order valence-electron chi connectivity index (χ4n) is 3.73. The van der Waals surface area contributed by atoms with Crippen molar-refractivity contribution in [3.63, 3.8) is 0 Å². The number of anilines is 2. The topological polar surface area (TPSA) is 120 Å². The highest BCUT2D eigenvalue weighted by Gasteiger charge is 2.42. The van der Waals surface area contributed by atoms with Gasteiger partial charge in [-0.05, 0) is 31.6 Å². The van der Waals surface area contributed by atoms with Gasteiger partial charge >= 0.3 is 0 Å². The predicted octanol–water partition coefficient (Wildman–Crippen LogP) is 0.800. The fraction of sp³-hybridized carbons (Fsp3) is 0.667. The van der Waals surface area contributed by atoms with E-state index in [1.807, 2.05) is 0 Å². The lowest BCUT2D eigenvalue weighted by atomic mass is 9.70. The maximum atomic E-state index is 12.9. The summed E-state index contributed by atoms with van der Waals surface area (Å²) in [7, 11) is 0. The number of hydrazine groups is 1. The van der Waals surface area contributed by atoms with Gasteiger partial charge in [-0.2, -0.15) is 0 Å². The van der Waals surface area contributed by atoms with Crippen LogP contribution < -0.4 is 15.8 Å². The van der Waals surface area contributed by atoms with Crippen LogP contribution in [-0.4, -0.2) is 65.4 Å². The van der Waals surface area contributed by atoms with Gasteiger partial charge in [0, 0.05) is 13.1 Å². The third-order valence-corrected chi connectivity index (χ3v) is 5.56. The van der Waals surface area contributed by atoms with E-state index in [1.54, 1.807) is 6.20 Å². The second kappa shape index (κ2) is 9.16. The number of hydroxylamine groups is 2. The van der Waals surface area contributed by atoms with Crippen molar-refractivity contribution in [1.29, 1.82) is 0 Å². The summed E-state index contributed by atoms with van der Waals surface area (Å²) in [6.45, 7) is 4.88. The van der Waals surface area contributed by atoms with Gasteiger partial charge in [-0.1, -0.05) is 6.92 Å². The van der Waals surface area contributed by atoms with Crippen molar-refractivity contribution >= 4 is 24.0 Å². The summed E-state index contributed by atoms with van der Waals surface area (Å²) in [4.78, 5) is 34.6. The third-order valence-electron chi connectivity index (χ3n) is 5.56. The van der Waals surface area contributed by atoms with E-state index in [1.165, 1.54) is 6.20 Å². The van der Waals surface area contributed by atoms with Gasteiger partial charge in [-0.25, -0.2) is 10.0 Å². The van der Waals surface area contributed by atoms with Crippen LogP contribution in [0, 0.1) is 11.3 Å². The van der Waals surface area contributed by atoms with Crippen molar-refractivity contribution in [2.75, 3.05) is 43.2 Å². The number of aromatic nitrogens is 2. The highest BCUT2D eigenvalue weighted by Crippen LogP contribution is 2.39. The van der Waals surface area contributed by atoms with Gasteiger partial charge in [-0.15, -0.1) is 0 Å². The molecule has 154 valence electrons. The Labute approximate surface area is 164 Å². The predicted molar refractivity (Wildman–Crippen MR) is 101 cm³/mol. The molecule has 2 fully saturated rings. The molecule has 0 unspecified atom stereocenters. The first-order chi connectivity index (χ1) is 13.5. The van der Waals surface area contributed by atoms with E-state index in [0.717, 1.165) is 25.9 Å². The Morgan fingerprint density at radius 3 is 2.79 bits per heavy atom. The molecule has 1 saturated carbocycles. The zero-order valence-electron chi connectivity index (χ0n) is 16.1. The number of ether oxygens (including phenoxy) is 1. The smallest absolute Gasteiger partial charge is 0.246 e. The molecule has 2 amide bonds. The number of nitrogens with one attached hydrogen (secondary N) is 2. The lowest BCUT2D eigenvalue weighted by molar-refractivity contribution is -0.163. The number of carbonyl (C=O) groups excluding carboxylic acids is 2. The molecule has 2 heterocycles. The Bertz CT molecular complexity index is 674. The minimum atomic E-state index is -0.829. The van der Waals surface area contributed by atoms with E-state index in [-0.39, 0.29) is 12.5 Å². The van der Waals surface area contributed by atoms with Crippen LogP contribution in [0.2, 0.25) is 0 Å². The first-order valence-corrected chi connectivity index (χ1v) is 9.64. The molecule has 1 aliphatic heterocycles. The highest BCUT2D eigenvalue weighted by molar-refractivity contribution is 5.84. The van der Waals surface area contributed by atoms with E-state index in [2.05, 4.69) is 32.6 Å². The molecule has 2 aliphatic rings. The second-order valence-electron chi connectivity index (χ2n) is 7.61. The molecule has 1 aromatic heterocycles. The summed E-state index contributed by atoms with van der Waals surface area (Å²) in [5.74, 6) is 1.39. The summed E-state index contributed by atoms with van der Waals surface area (Å²) < 4.78 is 5.35. The van der Waals surface area contributed by atoms with Crippen LogP contribution in [0.15, 0.2) is 12.4 Å². The van der Waals surface area contributed by atoms with E-state index in [0.29, 0.717) is 55.1 Å². The van der Waals surface area contributed by atoms with Crippen molar-refractivity contribution in [1.82, 2.24) is 20.5 Å². The number of hydrogen-bond donors (Lipinski definition) is 3. The van der Waals surface area contributed by atoms with Crippen molar-refractivity contribution < 1.29 is 19.5 Å². The molecule has 10 nitrogen and oxygen atoms in total. The van der Waals surface area contributed by atoms with Crippen molar-refractivity contribution in [2.24, 2.45) is 11.3 Å². The standard InChI is InChI=1S/C18H28N6O4/c1-14-2-4-18(5-3-14,12-24(27)13-25)17(26)22-21-15-10-19-11-16(20-15)23-6-8-28-9-7-23/h10-11,13-14,27H,2-9,12H2,1H3,(H,20,21)(H,22,26). The first-order valence-electron chi connectivity index (χ1n) is 9.64. The largest absolute Gasteiger partial charge is 0.378 e. The fourth-order valence-corrected chi connectivity index (χ4v) is 3.73. The van der Waals surface area contributed by atoms with E-state index >= 15 is 0 Å². The van der Waals surface area contributed by atoms with Crippen molar-refractivity contribution in [3.05, 3.63) is 12.4 Å². The Balaban J connectivity index is 1.64. The van der Waals surface area contributed by atoms with E-state index in [9.17, 15) is 14.8 Å². The summed E-state index contributed by atoms with van der Waals surface area (Å²) in [6, 6.07) is 0. The van der Waals surface area contributed by atoms with Gasteiger partial charge in [0.05, 0.1) is 37.6 Å². The van der Waals surface area contributed by atoms with Crippen LogP contribution in [0.3, 0.4) is 0 Å². The molecule has 1 aromatic rings. The molecule has 0 bridgehead atoms. The molecule has 0 radical (unpaired) electrons. The highest BCUT2D eigenvalue weighted by atomic mass is 16.5. The molecule has 1 aliphatic carbocycles. The zero-order chi connectivity index (χ0) is 20.0. The van der Waals surface area contributed by atoms with E-state index < -0.39 is 5.41 Å². The number of morpholine rings is 1. The number of carbonyl (C=O) groups is 2. The van der Waals surface area contributed by atoms with Crippen LogP contribution >= 0.6 is 0 Å². The van der Waals surface area contributed by atoms with Gasteiger partial charge in [0.15, 0.2) is 5.82 Å². The number of nitrogens with zero attached hydrogens (tertiary/aromatic N) is 4. The van der Waals surface area contributed by atoms with Gasteiger partial charge in [-0.3, -0.25) is 30.6 Å². The molecule has 28 heavy (non-hydrogen) atoms. The quantitative estimate of drug-likeness (QED) is 0.354. The number of rotatable bonds is 7. The first kappa shape index (κ1) is 20.3. The Morgan fingerprint density at radius 2 is 2.11 bits per heavy atom. The van der Waals surface area contributed by atoms with Gasteiger partial charge in [0.25, 0.3) is 0 Å². The lowest BCUT2D eigenvalue weighted by Crippen LogP contribution is -2.51. The maximum absolute atomic E-state index is 12.9. The summed E-state index contributed by atoms with van der Waals surface area (Å²) in [5.41, 5.74) is 4.70. The second-order valence-corrected chi connectivity index (χ2v) is 7.61. The molecule has 0 spiro atoms. The zero-order valence-corrected chi connectivity index (χ0v) is 16.1. The summed E-state index contributed by atoms with van der Waals surface area (Å²) in [6.07, 6.45) is 6.48. The van der Waals surface area contributed by atoms with Crippen LogP contribution in [0.4, 0.5) is 11.6 Å². The normalized spacial score (nSPS) is 25.1. The van der Waals surface area contributed by atoms with Crippen molar-refractivity contribution in [3.8, 4) is 0 Å². The van der Waals surface area contributed by atoms with Gasteiger partial charge in [0.2, 0.25) is 12.3 Å². The van der Waals surface area contributed by atoms with Gasteiger partial charge < -0.3 is 9.64 Å². The Kier molecular flexibility index (Phi) is 6.63. The summed E-state index contributed by atoms with van der Waals surface area (Å²) in [5, 5.41) is 10.2. The lowest BCUT2D eigenvalue weighted by Gasteiger charge is -2.38. The molecular formula is C18H28N6O4.